The lowest BCUT2D eigenvalue weighted by molar-refractivity contribution is -0.0784. The highest BCUT2D eigenvalue weighted by Crippen LogP contribution is 2.31. The molecule has 5 N–H and O–H groups in total. The summed E-state index contributed by atoms with van der Waals surface area (Å²) in [4.78, 5) is 24.6. The number of hydrogen-bond donors (Lipinski definition) is 5. The number of likely N-dealkylation sites (tertiary alicyclic amines) is 1. The maximum atomic E-state index is 14.5. The number of hydrogen-bond acceptors (Lipinski definition) is 5. The Bertz CT molecular complexity index is 1050. The summed E-state index contributed by atoms with van der Waals surface area (Å²) in [7, 11) is 0. The Hall–Kier alpha value is -2.58. The fraction of sp³-hybridized carbons (Fsp3) is 0.333. The molecule has 1 aliphatic rings. The maximum absolute atomic E-state index is 14.5. The molecule has 2 aromatic carbocycles. The van der Waals surface area contributed by atoms with Crippen LogP contribution in [-0.4, -0.2) is 65.4 Å². The van der Waals surface area contributed by atoms with Gasteiger partial charge < -0.3 is 31.1 Å². The Morgan fingerprint density at radius 3 is 2.48 bits per heavy atom. The molecule has 1 fully saturated rings. The van der Waals surface area contributed by atoms with Crippen LogP contribution in [0.3, 0.4) is 0 Å². The standard InChI is InChI=1S/C21H22F3IN4O4/c22-14-4-3-13(18(17(14)24)28-16-5-2-12(25)8-15(16)23)19(30)29-10-21(33,11-29)9-26-6-1-7-27-20(31)32/h2-5,8,26-28,33H,1,6-7,9-11H2,(H,31,32). The third-order valence-corrected chi connectivity index (χ3v) is 5.71. The van der Waals surface area contributed by atoms with Crippen molar-refractivity contribution in [2.24, 2.45) is 0 Å². The van der Waals surface area contributed by atoms with Crippen molar-refractivity contribution in [3.63, 3.8) is 0 Å². The summed E-state index contributed by atoms with van der Waals surface area (Å²) in [6, 6.07) is 6.07. The predicted octanol–water partition coefficient (Wildman–Crippen LogP) is 2.89. The van der Waals surface area contributed by atoms with E-state index in [0.29, 0.717) is 16.5 Å². The van der Waals surface area contributed by atoms with Crippen molar-refractivity contribution in [2.75, 3.05) is 38.0 Å². The van der Waals surface area contributed by atoms with Gasteiger partial charge in [0, 0.05) is 16.7 Å². The van der Waals surface area contributed by atoms with Gasteiger partial charge in [-0.25, -0.2) is 18.0 Å². The first-order chi connectivity index (χ1) is 15.6. The van der Waals surface area contributed by atoms with Crippen molar-refractivity contribution >= 4 is 46.0 Å². The summed E-state index contributed by atoms with van der Waals surface area (Å²) in [5, 5.41) is 26.7. The molecule has 0 radical (unpaired) electrons. The Balaban J connectivity index is 1.64. The molecule has 1 saturated heterocycles. The second-order valence-corrected chi connectivity index (χ2v) is 8.93. The van der Waals surface area contributed by atoms with E-state index in [4.69, 9.17) is 5.11 Å². The third-order valence-electron chi connectivity index (χ3n) is 5.03. The zero-order chi connectivity index (χ0) is 24.2. The largest absolute Gasteiger partial charge is 0.465 e. The number of carbonyl (C=O) groups is 2. The predicted molar refractivity (Wildman–Crippen MR) is 123 cm³/mol. The van der Waals surface area contributed by atoms with Crippen LogP contribution in [0.5, 0.6) is 0 Å². The minimum Gasteiger partial charge on any atom is -0.465 e. The topological polar surface area (TPSA) is 114 Å². The van der Waals surface area contributed by atoms with Gasteiger partial charge in [-0.15, -0.1) is 0 Å². The minimum absolute atomic E-state index is 0.0391. The number of benzene rings is 2. The summed E-state index contributed by atoms with van der Waals surface area (Å²) >= 11 is 1.91. The molecule has 0 saturated carbocycles. The lowest BCUT2D eigenvalue weighted by atomic mass is 9.92. The van der Waals surface area contributed by atoms with Gasteiger partial charge in [0.2, 0.25) is 0 Å². The van der Waals surface area contributed by atoms with E-state index in [0.717, 1.165) is 12.1 Å². The second-order valence-electron chi connectivity index (χ2n) is 7.68. The molecule has 2 amide bonds. The quantitative estimate of drug-likeness (QED) is 0.231. The van der Waals surface area contributed by atoms with Crippen LogP contribution in [0.1, 0.15) is 16.8 Å². The fourth-order valence-corrected chi connectivity index (χ4v) is 3.85. The molecule has 33 heavy (non-hydrogen) atoms. The van der Waals surface area contributed by atoms with Gasteiger partial charge in [-0.05, 0) is 65.9 Å². The van der Waals surface area contributed by atoms with Crippen molar-refractivity contribution in [2.45, 2.75) is 12.0 Å². The lowest BCUT2D eigenvalue weighted by Crippen LogP contribution is -2.67. The highest BCUT2D eigenvalue weighted by molar-refractivity contribution is 14.1. The van der Waals surface area contributed by atoms with Crippen molar-refractivity contribution < 1.29 is 33.0 Å². The molecule has 8 nitrogen and oxygen atoms in total. The van der Waals surface area contributed by atoms with Gasteiger partial charge >= 0.3 is 6.09 Å². The number of nitrogens with zero attached hydrogens (tertiary/aromatic N) is 1. The van der Waals surface area contributed by atoms with E-state index in [1.165, 1.54) is 17.0 Å². The Labute approximate surface area is 201 Å². The summed E-state index contributed by atoms with van der Waals surface area (Å²) in [6.07, 6.45) is -0.595. The monoisotopic (exact) mass is 578 g/mol. The van der Waals surface area contributed by atoms with Crippen LogP contribution in [0.15, 0.2) is 30.3 Å². The molecule has 0 atom stereocenters. The number of carbonyl (C=O) groups excluding carboxylic acids is 1. The molecular weight excluding hydrogens is 556 g/mol. The molecule has 178 valence electrons. The van der Waals surface area contributed by atoms with Crippen LogP contribution in [0.2, 0.25) is 0 Å². The number of aliphatic hydroxyl groups is 1. The van der Waals surface area contributed by atoms with E-state index in [2.05, 4.69) is 16.0 Å². The van der Waals surface area contributed by atoms with Gasteiger partial charge in [0.1, 0.15) is 11.4 Å². The average molecular weight is 578 g/mol. The molecule has 2 aromatic rings. The molecule has 1 aliphatic heterocycles. The second kappa shape index (κ2) is 10.6. The third kappa shape index (κ3) is 6.26. The Morgan fingerprint density at radius 1 is 1.09 bits per heavy atom. The van der Waals surface area contributed by atoms with E-state index >= 15 is 0 Å². The number of amides is 2. The molecule has 0 spiro atoms. The van der Waals surface area contributed by atoms with Gasteiger partial charge in [-0.2, -0.15) is 0 Å². The van der Waals surface area contributed by atoms with Crippen molar-refractivity contribution in [1.29, 1.82) is 0 Å². The Kier molecular flexibility index (Phi) is 8.02. The molecule has 3 rings (SSSR count). The highest BCUT2D eigenvalue weighted by Gasteiger charge is 2.44. The van der Waals surface area contributed by atoms with Gasteiger partial charge in [-0.3, -0.25) is 4.79 Å². The molecule has 0 aliphatic carbocycles. The van der Waals surface area contributed by atoms with E-state index in [1.807, 2.05) is 22.6 Å². The van der Waals surface area contributed by atoms with E-state index in [1.54, 1.807) is 6.07 Å². The first-order valence-electron chi connectivity index (χ1n) is 9.99. The van der Waals surface area contributed by atoms with Crippen molar-refractivity contribution in [1.82, 2.24) is 15.5 Å². The first-order valence-corrected chi connectivity index (χ1v) is 11.1. The Morgan fingerprint density at radius 2 is 1.82 bits per heavy atom. The zero-order valence-electron chi connectivity index (χ0n) is 17.3. The van der Waals surface area contributed by atoms with Crippen LogP contribution >= 0.6 is 22.6 Å². The number of carboxylic acid groups (broad SMARTS) is 1. The number of rotatable bonds is 9. The van der Waals surface area contributed by atoms with Gasteiger partial charge in [-0.1, -0.05) is 0 Å². The zero-order valence-corrected chi connectivity index (χ0v) is 19.5. The van der Waals surface area contributed by atoms with E-state index in [-0.39, 0.29) is 37.4 Å². The smallest absolute Gasteiger partial charge is 0.404 e. The van der Waals surface area contributed by atoms with E-state index in [9.17, 15) is 27.9 Å². The van der Waals surface area contributed by atoms with Crippen LogP contribution in [-0.2, 0) is 0 Å². The molecule has 0 unspecified atom stereocenters. The number of anilines is 2. The SMILES string of the molecule is O=C(O)NCCCNCC1(O)CN(C(=O)c2ccc(F)c(F)c2Nc2ccc(I)cc2F)C1. The lowest BCUT2D eigenvalue weighted by Gasteiger charge is -2.46. The van der Waals surface area contributed by atoms with Gasteiger partial charge in [0.25, 0.3) is 5.91 Å². The van der Waals surface area contributed by atoms with Crippen LogP contribution in [0.4, 0.5) is 29.3 Å². The van der Waals surface area contributed by atoms with Gasteiger partial charge in [0.05, 0.1) is 30.0 Å². The number of nitrogens with one attached hydrogen (secondary N) is 3. The molecule has 1 heterocycles. The van der Waals surface area contributed by atoms with Crippen LogP contribution in [0.25, 0.3) is 0 Å². The molecule has 0 aromatic heterocycles. The molecule has 12 heteroatoms. The molecule has 0 bridgehead atoms. The number of β-amino-alcohol motifs (C(OH)–C–C–N with tert-alkyl or cyclic N) is 1. The summed E-state index contributed by atoms with van der Waals surface area (Å²) < 4.78 is 43.2. The van der Waals surface area contributed by atoms with Crippen molar-refractivity contribution in [3.05, 3.63) is 56.9 Å². The fourth-order valence-electron chi connectivity index (χ4n) is 3.40. The average Bonchev–Trinajstić information content (AvgIpc) is 2.73. The first kappa shape index (κ1) is 25.1. The minimum atomic E-state index is -1.31. The maximum Gasteiger partial charge on any atom is 0.404 e. The van der Waals surface area contributed by atoms with Crippen LogP contribution in [0, 0.1) is 21.0 Å². The highest BCUT2D eigenvalue weighted by atomic mass is 127. The summed E-state index contributed by atoms with van der Waals surface area (Å²) in [6.45, 7) is 0.805. The number of halogens is 4. The summed E-state index contributed by atoms with van der Waals surface area (Å²) in [5.41, 5.74) is -2.00. The van der Waals surface area contributed by atoms with Crippen LogP contribution < -0.4 is 16.0 Å². The van der Waals surface area contributed by atoms with Crippen molar-refractivity contribution in [3.8, 4) is 0 Å². The van der Waals surface area contributed by atoms with Gasteiger partial charge in [0.15, 0.2) is 11.6 Å². The van der Waals surface area contributed by atoms with E-state index < -0.39 is 40.7 Å². The summed E-state index contributed by atoms with van der Waals surface area (Å²) in [5.74, 6) is -3.84. The molecular formula is C21H22F3IN4O4. The normalized spacial score (nSPS) is 14.5.